The maximum absolute atomic E-state index is 13.0. The molecule has 9 nitrogen and oxygen atoms in total. The Labute approximate surface area is 195 Å². The zero-order valence-electron chi connectivity index (χ0n) is 18.9. The summed E-state index contributed by atoms with van der Waals surface area (Å²) in [5.41, 5.74) is 1.29. The highest BCUT2D eigenvalue weighted by molar-refractivity contribution is 5.88. The van der Waals surface area contributed by atoms with E-state index < -0.39 is 17.1 Å². The number of aliphatic hydroxyl groups excluding tert-OH is 1. The SMILES string of the molecule is Cc1ccc(-n2[nH]c(C)c(N=NC3(C(=O)O)C=CC(O)=C(c4ccccc4O)C3)c2=O)cc1C. The molecule has 1 aliphatic rings. The zero-order valence-corrected chi connectivity index (χ0v) is 18.9. The Morgan fingerprint density at radius 1 is 1.09 bits per heavy atom. The molecule has 1 atom stereocenters. The standard InChI is InChI=1S/C25H24N4O5/c1-14-8-9-17(12-15(14)2)29-23(32)22(16(3)27-29)26-28-25(24(33)34)11-10-21(31)19(13-25)18-6-4-5-7-20(18)30/h4-12,27,30-31H,13H2,1-3H3,(H,33,34). The van der Waals surface area contributed by atoms with Gasteiger partial charge in [-0.15, -0.1) is 5.11 Å². The Hall–Kier alpha value is -4.40. The lowest BCUT2D eigenvalue weighted by atomic mass is 9.83. The summed E-state index contributed by atoms with van der Waals surface area (Å²) in [6.07, 6.45) is 2.18. The van der Waals surface area contributed by atoms with Gasteiger partial charge in [0, 0.05) is 17.6 Å². The van der Waals surface area contributed by atoms with Crippen LogP contribution in [0.1, 0.15) is 28.8 Å². The summed E-state index contributed by atoms with van der Waals surface area (Å²) in [5.74, 6) is -1.59. The Balaban J connectivity index is 1.74. The minimum atomic E-state index is -1.87. The second-order valence-corrected chi connectivity index (χ2v) is 8.31. The largest absolute Gasteiger partial charge is 0.508 e. The maximum Gasteiger partial charge on any atom is 0.337 e. The molecule has 1 heterocycles. The predicted molar refractivity (Wildman–Crippen MR) is 127 cm³/mol. The summed E-state index contributed by atoms with van der Waals surface area (Å²) in [7, 11) is 0. The van der Waals surface area contributed by atoms with Crippen LogP contribution in [0.15, 0.2) is 75.4 Å². The Morgan fingerprint density at radius 2 is 1.82 bits per heavy atom. The summed E-state index contributed by atoms with van der Waals surface area (Å²) >= 11 is 0. The molecule has 1 unspecified atom stereocenters. The van der Waals surface area contributed by atoms with Gasteiger partial charge < -0.3 is 15.3 Å². The fraction of sp³-hybridized carbons (Fsp3) is 0.200. The topological polar surface area (TPSA) is 140 Å². The lowest BCUT2D eigenvalue weighted by Crippen LogP contribution is -2.36. The van der Waals surface area contributed by atoms with Gasteiger partial charge in [0.05, 0.1) is 11.4 Å². The molecule has 9 heteroatoms. The number of carboxylic acids is 1. The van der Waals surface area contributed by atoms with E-state index in [4.69, 9.17) is 0 Å². The first-order valence-corrected chi connectivity index (χ1v) is 10.6. The van der Waals surface area contributed by atoms with Crippen LogP contribution in [-0.4, -0.2) is 36.6 Å². The van der Waals surface area contributed by atoms with Crippen LogP contribution in [0.2, 0.25) is 0 Å². The number of aliphatic hydroxyl groups is 1. The molecule has 0 radical (unpaired) electrons. The molecule has 0 bridgehead atoms. The van der Waals surface area contributed by atoms with E-state index in [1.165, 1.54) is 22.9 Å². The highest BCUT2D eigenvalue weighted by Crippen LogP contribution is 2.39. The number of aryl methyl sites for hydroxylation is 3. The zero-order chi connectivity index (χ0) is 24.6. The molecule has 2 aromatic carbocycles. The average molecular weight is 460 g/mol. The van der Waals surface area contributed by atoms with Gasteiger partial charge in [0.2, 0.25) is 5.54 Å². The number of rotatable bonds is 5. The van der Waals surface area contributed by atoms with Gasteiger partial charge in [-0.1, -0.05) is 24.3 Å². The molecule has 174 valence electrons. The van der Waals surface area contributed by atoms with E-state index in [-0.39, 0.29) is 29.2 Å². The number of phenolic OH excluding ortho intramolecular Hbond substituents is 1. The lowest BCUT2D eigenvalue weighted by Gasteiger charge is -2.26. The van der Waals surface area contributed by atoms with Gasteiger partial charge in [-0.05, 0) is 62.2 Å². The maximum atomic E-state index is 13.0. The van der Waals surface area contributed by atoms with Gasteiger partial charge in [0.15, 0.2) is 5.69 Å². The van der Waals surface area contributed by atoms with Crippen molar-refractivity contribution >= 4 is 17.2 Å². The first-order valence-electron chi connectivity index (χ1n) is 10.6. The number of nitrogens with one attached hydrogen (secondary N) is 1. The molecule has 0 aliphatic heterocycles. The molecule has 3 aromatic rings. The van der Waals surface area contributed by atoms with Crippen LogP contribution in [0.5, 0.6) is 5.75 Å². The number of hydrogen-bond acceptors (Lipinski definition) is 6. The van der Waals surface area contributed by atoms with E-state index in [0.717, 1.165) is 11.1 Å². The Morgan fingerprint density at radius 3 is 2.50 bits per heavy atom. The number of aromatic amines is 1. The third kappa shape index (κ3) is 3.92. The number of benzene rings is 2. The second kappa shape index (κ2) is 8.51. The monoisotopic (exact) mass is 460 g/mol. The summed E-state index contributed by atoms with van der Waals surface area (Å²) in [4.78, 5) is 25.3. The molecule has 1 aliphatic carbocycles. The van der Waals surface area contributed by atoms with E-state index in [9.17, 15) is 24.9 Å². The molecule has 1 aromatic heterocycles. The molecule has 0 spiro atoms. The van der Waals surface area contributed by atoms with Crippen molar-refractivity contribution in [3.63, 3.8) is 0 Å². The number of carboxylic acid groups (broad SMARTS) is 1. The molecule has 0 saturated carbocycles. The van der Waals surface area contributed by atoms with Crippen LogP contribution in [0, 0.1) is 20.8 Å². The van der Waals surface area contributed by atoms with Crippen molar-refractivity contribution in [2.24, 2.45) is 10.2 Å². The number of nitrogens with zero attached hydrogens (tertiary/aromatic N) is 3. The number of aromatic nitrogens is 2. The summed E-state index contributed by atoms with van der Waals surface area (Å²) in [5, 5.41) is 41.6. The van der Waals surface area contributed by atoms with Crippen LogP contribution >= 0.6 is 0 Å². The van der Waals surface area contributed by atoms with Gasteiger partial charge in [0.25, 0.3) is 5.56 Å². The van der Waals surface area contributed by atoms with Crippen molar-refractivity contribution in [2.75, 3.05) is 0 Å². The van der Waals surface area contributed by atoms with Gasteiger partial charge in [-0.3, -0.25) is 9.89 Å². The number of aliphatic carboxylic acids is 1. The van der Waals surface area contributed by atoms with Crippen LogP contribution < -0.4 is 5.56 Å². The van der Waals surface area contributed by atoms with Crippen molar-refractivity contribution in [3.05, 3.63) is 93.1 Å². The number of phenols is 1. The molecule has 0 fully saturated rings. The van der Waals surface area contributed by atoms with Crippen molar-refractivity contribution in [1.29, 1.82) is 0 Å². The quantitative estimate of drug-likeness (QED) is 0.411. The Kier molecular flexibility index (Phi) is 5.70. The van der Waals surface area contributed by atoms with Crippen LogP contribution in [0.3, 0.4) is 0 Å². The molecular weight excluding hydrogens is 436 g/mol. The van der Waals surface area contributed by atoms with E-state index in [1.807, 2.05) is 26.0 Å². The third-order valence-electron chi connectivity index (χ3n) is 5.99. The fourth-order valence-corrected chi connectivity index (χ4v) is 3.80. The average Bonchev–Trinajstić information content (AvgIpc) is 3.09. The highest BCUT2D eigenvalue weighted by Gasteiger charge is 2.41. The smallest absolute Gasteiger partial charge is 0.337 e. The van der Waals surface area contributed by atoms with Crippen molar-refractivity contribution in [3.8, 4) is 11.4 Å². The minimum absolute atomic E-state index is 0.0184. The second-order valence-electron chi connectivity index (χ2n) is 8.31. The van der Waals surface area contributed by atoms with Crippen molar-refractivity contribution in [2.45, 2.75) is 32.7 Å². The highest BCUT2D eigenvalue weighted by atomic mass is 16.4. The number of H-pyrrole nitrogens is 1. The van der Waals surface area contributed by atoms with Gasteiger partial charge in [-0.2, -0.15) is 5.11 Å². The summed E-state index contributed by atoms with van der Waals surface area (Å²) < 4.78 is 1.33. The third-order valence-corrected chi connectivity index (χ3v) is 5.99. The van der Waals surface area contributed by atoms with Gasteiger partial charge in [0.1, 0.15) is 11.5 Å². The summed E-state index contributed by atoms with van der Waals surface area (Å²) in [6.45, 7) is 5.56. The number of azo groups is 1. The normalized spacial score (nSPS) is 18.1. The van der Waals surface area contributed by atoms with Gasteiger partial charge in [-0.25, -0.2) is 9.48 Å². The molecule has 0 amide bonds. The molecule has 4 N–H and O–H groups in total. The lowest BCUT2D eigenvalue weighted by molar-refractivity contribution is -0.141. The number of allylic oxidation sites excluding steroid dienone is 1. The summed E-state index contributed by atoms with van der Waals surface area (Å²) in [6, 6.07) is 11.9. The molecule has 34 heavy (non-hydrogen) atoms. The van der Waals surface area contributed by atoms with Crippen molar-refractivity contribution < 1.29 is 20.1 Å². The number of aromatic hydroxyl groups is 1. The first-order chi connectivity index (χ1) is 16.1. The van der Waals surface area contributed by atoms with Crippen molar-refractivity contribution in [1.82, 2.24) is 9.78 Å². The number of carbonyl (C=O) groups is 1. The predicted octanol–water partition coefficient (Wildman–Crippen LogP) is 4.63. The minimum Gasteiger partial charge on any atom is -0.508 e. The van der Waals surface area contributed by atoms with Crippen LogP contribution in [0.4, 0.5) is 5.69 Å². The van der Waals surface area contributed by atoms with E-state index >= 15 is 0 Å². The molecule has 0 saturated heterocycles. The first kappa shape index (κ1) is 22.8. The number of para-hydroxylation sites is 1. The number of hydrogen-bond donors (Lipinski definition) is 4. The van der Waals surface area contributed by atoms with E-state index in [1.54, 1.807) is 31.2 Å². The molecule has 4 rings (SSSR count). The van der Waals surface area contributed by atoms with Crippen LogP contribution in [-0.2, 0) is 4.79 Å². The van der Waals surface area contributed by atoms with Crippen LogP contribution in [0.25, 0.3) is 11.3 Å². The fourth-order valence-electron chi connectivity index (χ4n) is 3.80. The van der Waals surface area contributed by atoms with E-state index in [2.05, 4.69) is 15.3 Å². The Bertz CT molecular complexity index is 1440. The molecular formula is C25H24N4O5. The van der Waals surface area contributed by atoms with Gasteiger partial charge >= 0.3 is 5.97 Å². The van der Waals surface area contributed by atoms with E-state index in [0.29, 0.717) is 16.9 Å².